The lowest BCUT2D eigenvalue weighted by atomic mass is 9.87. The molecule has 228 valence electrons. The average Bonchev–Trinajstić information content (AvgIpc) is 3.47. The Hall–Kier alpha value is -4.17. The Labute approximate surface area is 267 Å². The highest BCUT2D eigenvalue weighted by molar-refractivity contribution is 6.37. The summed E-state index contributed by atoms with van der Waals surface area (Å²) in [6, 6.07) is 21.8. The van der Waals surface area contributed by atoms with E-state index in [4.69, 9.17) is 52.6 Å². The summed E-state index contributed by atoms with van der Waals surface area (Å²) in [6.45, 7) is 5.73. The largest absolute Gasteiger partial charge is 0.490 e. The second-order valence-electron chi connectivity index (χ2n) is 10.4. The molecule has 0 radical (unpaired) electrons. The fourth-order valence-electron chi connectivity index (χ4n) is 5.25. The van der Waals surface area contributed by atoms with Gasteiger partial charge in [0.1, 0.15) is 19.0 Å². The maximum Gasteiger partial charge on any atom is 0.297 e. The van der Waals surface area contributed by atoms with E-state index in [1.54, 1.807) is 6.08 Å². The normalized spacial score (nSPS) is 12.8. The molecule has 0 saturated heterocycles. The van der Waals surface area contributed by atoms with Crippen molar-refractivity contribution in [2.45, 2.75) is 26.2 Å². The van der Waals surface area contributed by atoms with Gasteiger partial charge in [-0.1, -0.05) is 53.5 Å². The van der Waals surface area contributed by atoms with Gasteiger partial charge in [-0.3, -0.25) is 4.79 Å². The second kappa shape index (κ2) is 14.5. The van der Waals surface area contributed by atoms with Gasteiger partial charge >= 0.3 is 0 Å². The van der Waals surface area contributed by atoms with Crippen molar-refractivity contribution in [3.8, 4) is 34.1 Å². The van der Waals surface area contributed by atoms with Crippen LogP contribution in [0.5, 0.6) is 23.0 Å². The van der Waals surface area contributed by atoms with Crippen LogP contribution in [0.1, 0.15) is 33.7 Å². The van der Waals surface area contributed by atoms with Crippen LogP contribution in [0.25, 0.3) is 17.2 Å². The monoisotopic (exact) mass is 633 g/mol. The second-order valence-corrected chi connectivity index (χ2v) is 11.2. The third-order valence-electron chi connectivity index (χ3n) is 7.38. The number of carbonyl (C=O) groups excluding carboxylic acids is 1. The molecule has 44 heavy (non-hydrogen) atoms. The highest BCUT2D eigenvalue weighted by atomic mass is 35.5. The van der Waals surface area contributed by atoms with Gasteiger partial charge in [0, 0.05) is 5.92 Å². The fraction of sp³-hybridized carbons (Fsp3) is 0.229. The van der Waals surface area contributed by atoms with Crippen LogP contribution in [0.3, 0.4) is 0 Å². The molecule has 0 aliphatic carbocycles. The number of hydrogen-bond donors (Lipinski definition) is 1. The Bertz CT molecular complexity index is 1630. The maximum atomic E-state index is 10.6. The van der Waals surface area contributed by atoms with Gasteiger partial charge in [0.15, 0.2) is 17.2 Å². The molecule has 0 aromatic heterocycles. The minimum Gasteiger partial charge on any atom is -0.490 e. The standard InChI is InChI=1S/C35H33Cl2NO6/c1-22-13-31(36)35(32(37)14-22)42-12-11-41-28-6-3-24(4-7-28)16-27(19-38)29-8-5-25(15-23(29)2)30-18-34-33(43-21-44-34)17-26(30)9-10-40-20-39/h3-10,13-15,17-18,20,27H,11-12,16,19,21,38H2,1-2H3/b10-9+. The van der Waals surface area contributed by atoms with Crippen molar-refractivity contribution in [1.82, 2.24) is 0 Å². The van der Waals surface area contributed by atoms with Crippen molar-refractivity contribution in [3.05, 3.63) is 111 Å². The van der Waals surface area contributed by atoms with Crippen LogP contribution >= 0.6 is 23.2 Å². The van der Waals surface area contributed by atoms with Crippen LogP contribution in [0, 0.1) is 13.8 Å². The molecule has 0 spiro atoms. The number of ether oxygens (including phenoxy) is 5. The Morgan fingerprint density at radius 1 is 0.909 bits per heavy atom. The molecule has 0 saturated carbocycles. The molecule has 1 aliphatic rings. The van der Waals surface area contributed by atoms with E-state index in [9.17, 15) is 4.79 Å². The van der Waals surface area contributed by atoms with Crippen LogP contribution in [0.4, 0.5) is 0 Å². The summed E-state index contributed by atoms with van der Waals surface area (Å²) in [6.07, 6.45) is 3.86. The van der Waals surface area contributed by atoms with E-state index < -0.39 is 0 Å². The molecular formula is C35H33Cl2NO6. The molecule has 2 N–H and O–H groups in total. The van der Waals surface area contributed by atoms with Gasteiger partial charge in [-0.15, -0.1) is 0 Å². The lowest BCUT2D eigenvalue weighted by molar-refractivity contribution is -0.123. The molecule has 1 unspecified atom stereocenters. The van der Waals surface area contributed by atoms with Gasteiger partial charge in [-0.25, -0.2) is 0 Å². The zero-order valence-electron chi connectivity index (χ0n) is 24.5. The van der Waals surface area contributed by atoms with Crippen LogP contribution in [0.2, 0.25) is 10.0 Å². The van der Waals surface area contributed by atoms with Gasteiger partial charge in [0.2, 0.25) is 6.79 Å². The number of aryl methyl sites for hydroxylation is 2. The van der Waals surface area contributed by atoms with E-state index >= 15 is 0 Å². The summed E-state index contributed by atoms with van der Waals surface area (Å²) in [7, 11) is 0. The van der Waals surface area contributed by atoms with E-state index in [0.717, 1.165) is 45.6 Å². The first-order valence-electron chi connectivity index (χ1n) is 14.2. The Morgan fingerprint density at radius 3 is 2.30 bits per heavy atom. The Kier molecular flexibility index (Phi) is 10.3. The predicted molar refractivity (Wildman–Crippen MR) is 173 cm³/mol. The third-order valence-corrected chi connectivity index (χ3v) is 7.94. The summed E-state index contributed by atoms with van der Waals surface area (Å²) in [5.74, 6) is 2.67. The number of fused-ring (bicyclic) bond motifs is 1. The first-order chi connectivity index (χ1) is 21.4. The number of benzene rings is 4. The molecule has 7 nitrogen and oxygen atoms in total. The molecule has 4 aromatic carbocycles. The van der Waals surface area contributed by atoms with Gasteiger partial charge in [0.05, 0.1) is 16.3 Å². The topological polar surface area (TPSA) is 89.2 Å². The van der Waals surface area contributed by atoms with Gasteiger partial charge in [-0.05, 0) is 108 Å². The maximum absolute atomic E-state index is 10.6. The van der Waals surface area contributed by atoms with Gasteiger partial charge < -0.3 is 29.4 Å². The fourth-order valence-corrected chi connectivity index (χ4v) is 5.95. The van der Waals surface area contributed by atoms with E-state index in [2.05, 4.69) is 37.3 Å². The van der Waals surface area contributed by atoms with Crippen molar-refractivity contribution in [1.29, 1.82) is 0 Å². The lowest BCUT2D eigenvalue weighted by Crippen LogP contribution is -2.16. The number of carbonyl (C=O) groups is 1. The minimum absolute atomic E-state index is 0.130. The molecule has 4 aromatic rings. The van der Waals surface area contributed by atoms with E-state index in [1.807, 2.05) is 43.3 Å². The van der Waals surface area contributed by atoms with E-state index in [0.29, 0.717) is 53.5 Å². The van der Waals surface area contributed by atoms with Crippen molar-refractivity contribution in [2.24, 2.45) is 5.73 Å². The molecule has 9 heteroatoms. The highest BCUT2D eigenvalue weighted by Gasteiger charge is 2.19. The first kappa shape index (κ1) is 31.3. The van der Waals surface area contributed by atoms with Crippen molar-refractivity contribution < 1.29 is 28.5 Å². The smallest absolute Gasteiger partial charge is 0.297 e. The number of rotatable bonds is 13. The van der Waals surface area contributed by atoms with Gasteiger partial charge in [0.25, 0.3) is 6.47 Å². The molecule has 0 fully saturated rings. The minimum atomic E-state index is 0.130. The first-order valence-corrected chi connectivity index (χ1v) is 14.9. The molecular weight excluding hydrogens is 601 g/mol. The summed E-state index contributed by atoms with van der Waals surface area (Å²) in [5, 5.41) is 0.962. The zero-order valence-corrected chi connectivity index (χ0v) is 26.0. The quantitative estimate of drug-likeness (QED) is 0.0909. The van der Waals surface area contributed by atoms with Crippen LogP contribution < -0.4 is 24.7 Å². The predicted octanol–water partition coefficient (Wildman–Crippen LogP) is 7.89. The van der Waals surface area contributed by atoms with Crippen molar-refractivity contribution >= 4 is 35.8 Å². The molecule has 1 aliphatic heterocycles. The zero-order chi connectivity index (χ0) is 31.1. The summed E-state index contributed by atoms with van der Waals surface area (Å²) in [5.41, 5.74) is 13.5. The molecule has 5 rings (SSSR count). The van der Waals surface area contributed by atoms with Crippen LogP contribution in [0.15, 0.2) is 73.0 Å². The summed E-state index contributed by atoms with van der Waals surface area (Å²) in [4.78, 5) is 10.6. The van der Waals surface area contributed by atoms with Crippen LogP contribution in [-0.2, 0) is 16.0 Å². The molecule has 1 heterocycles. The van der Waals surface area contributed by atoms with E-state index in [-0.39, 0.29) is 12.7 Å². The number of halogens is 2. The molecule has 1 atom stereocenters. The Balaban J connectivity index is 1.23. The van der Waals surface area contributed by atoms with Crippen LogP contribution in [-0.4, -0.2) is 33.0 Å². The average molecular weight is 635 g/mol. The van der Waals surface area contributed by atoms with Crippen molar-refractivity contribution in [2.75, 3.05) is 26.6 Å². The lowest BCUT2D eigenvalue weighted by Gasteiger charge is -2.19. The molecule has 0 bridgehead atoms. The molecule has 0 amide bonds. The third kappa shape index (κ3) is 7.48. The number of nitrogens with two attached hydrogens (primary N) is 1. The van der Waals surface area contributed by atoms with E-state index in [1.165, 1.54) is 11.8 Å². The summed E-state index contributed by atoms with van der Waals surface area (Å²) < 4.78 is 27.5. The SMILES string of the molecule is Cc1cc(Cl)c(OCCOc2ccc(CC(CN)c3ccc(-c4cc5c(cc4/C=C/OC=O)OCO5)cc3C)cc2)c(Cl)c1. The number of hydrogen-bond acceptors (Lipinski definition) is 7. The highest BCUT2D eigenvalue weighted by Crippen LogP contribution is 2.40. The van der Waals surface area contributed by atoms with Gasteiger partial charge in [-0.2, -0.15) is 0 Å². The Morgan fingerprint density at radius 2 is 1.61 bits per heavy atom. The summed E-state index contributed by atoms with van der Waals surface area (Å²) >= 11 is 12.5. The van der Waals surface area contributed by atoms with Crippen molar-refractivity contribution in [3.63, 3.8) is 0 Å².